The first-order valence-electron chi connectivity index (χ1n) is 10.2. The van der Waals surface area contributed by atoms with E-state index in [2.05, 4.69) is 4.90 Å². The minimum Gasteiger partial charge on any atom is -0.600 e. The molecular formula is C23H26FNO2S2. The molecule has 1 aliphatic carbocycles. The second-order valence-electron chi connectivity index (χ2n) is 7.98. The van der Waals surface area contributed by atoms with Crippen LogP contribution in [0.2, 0.25) is 0 Å². The fraction of sp³-hybridized carbons (Fsp3) is 0.435. The molecular weight excluding hydrogens is 405 g/mol. The third kappa shape index (κ3) is 5.05. The lowest BCUT2D eigenvalue weighted by molar-refractivity contribution is -0.126. The van der Waals surface area contributed by atoms with Gasteiger partial charge in [-0.05, 0) is 50.8 Å². The molecule has 2 unspecified atom stereocenters. The van der Waals surface area contributed by atoms with Crippen LogP contribution in [0.25, 0.3) is 0 Å². The molecule has 3 nitrogen and oxygen atoms in total. The van der Waals surface area contributed by atoms with Crippen LogP contribution < -0.4 is 0 Å². The number of aryl methyl sites for hydroxylation is 1. The number of hydrogen-bond acceptors (Lipinski definition) is 4. The number of carbonyl (C=O) groups excluding carboxylic acids is 1. The van der Waals surface area contributed by atoms with Crippen LogP contribution in [-0.2, 0) is 15.0 Å². The Morgan fingerprint density at radius 1 is 1.10 bits per heavy atom. The number of ketones is 1. The lowest BCUT2D eigenvalue weighted by Crippen LogP contribution is -2.42. The van der Waals surface area contributed by atoms with E-state index >= 15 is 0 Å². The molecule has 0 radical (unpaired) electrons. The van der Waals surface area contributed by atoms with Crippen molar-refractivity contribution in [2.75, 3.05) is 13.1 Å². The maximum Gasteiger partial charge on any atom is 0.165 e. The maximum atomic E-state index is 14.5. The summed E-state index contributed by atoms with van der Waals surface area (Å²) in [6, 6.07) is 14.0. The molecule has 29 heavy (non-hydrogen) atoms. The minimum absolute atomic E-state index is 0.0840. The molecule has 2 fully saturated rings. The number of nitrogens with zero attached hydrogens (tertiary/aromatic N) is 1. The van der Waals surface area contributed by atoms with Crippen LogP contribution in [0.4, 0.5) is 4.39 Å². The lowest BCUT2D eigenvalue weighted by Gasteiger charge is -2.36. The largest absolute Gasteiger partial charge is 0.600 e. The van der Waals surface area contributed by atoms with E-state index in [0.717, 1.165) is 49.2 Å². The van der Waals surface area contributed by atoms with E-state index in [1.54, 1.807) is 18.2 Å². The van der Waals surface area contributed by atoms with Crippen molar-refractivity contribution in [3.63, 3.8) is 0 Å². The summed E-state index contributed by atoms with van der Waals surface area (Å²) in [7, 11) is 0.420. The highest BCUT2D eigenvalue weighted by molar-refractivity contribution is 8.72. The molecule has 1 heterocycles. The highest BCUT2D eigenvalue weighted by atomic mass is 33.1. The van der Waals surface area contributed by atoms with Crippen LogP contribution in [0.15, 0.2) is 53.4 Å². The van der Waals surface area contributed by atoms with Gasteiger partial charge >= 0.3 is 0 Å². The Labute approximate surface area is 178 Å². The van der Waals surface area contributed by atoms with Gasteiger partial charge in [-0.1, -0.05) is 35.9 Å². The molecule has 2 atom stereocenters. The predicted molar refractivity (Wildman–Crippen MR) is 117 cm³/mol. The van der Waals surface area contributed by atoms with Gasteiger partial charge in [-0.25, -0.2) is 4.39 Å². The average Bonchev–Trinajstić information content (AvgIpc) is 3.56. The first kappa shape index (κ1) is 20.9. The fourth-order valence-corrected chi connectivity index (χ4v) is 6.98. The topological polar surface area (TPSA) is 43.4 Å². The monoisotopic (exact) mass is 431 g/mol. The van der Waals surface area contributed by atoms with E-state index in [0.29, 0.717) is 5.56 Å². The van der Waals surface area contributed by atoms with Crippen molar-refractivity contribution in [1.82, 2.24) is 4.90 Å². The summed E-state index contributed by atoms with van der Waals surface area (Å²) in [6.07, 6.45) is 3.55. The molecule has 1 saturated heterocycles. The number of halogens is 1. The predicted octanol–water partition coefficient (Wildman–Crippen LogP) is 5.07. The van der Waals surface area contributed by atoms with Crippen molar-refractivity contribution in [3.8, 4) is 0 Å². The van der Waals surface area contributed by atoms with Gasteiger partial charge < -0.3 is 4.55 Å². The zero-order valence-corrected chi connectivity index (χ0v) is 18.2. The van der Waals surface area contributed by atoms with E-state index < -0.39 is 16.2 Å². The Morgan fingerprint density at radius 3 is 2.38 bits per heavy atom. The van der Waals surface area contributed by atoms with E-state index in [9.17, 15) is 13.7 Å². The molecule has 0 aromatic heterocycles. The van der Waals surface area contributed by atoms with Gasteiger partial charge in [-0.2, -0.15) is 0 Å². The Bertz CT molecular complexity index is 848. The van der Waals surface area contributed by atoms with Gasteiger partial charge in [0.1, 0.15) is 5.82 Å². The van der Waals surface area contributed by atoms with Crippen molar-refractivity contribution >= 4 is 26.8 Å². The number of likely N-dealkylation sites (tertiary alicyclic amines) is 1. The van der Waals surface area contributed by atoms with Gasteiger partial charge in [-0.15, -0.1) is 0 Å². The van der Waals surface area contributed by atoms with Crippen molar-refractivity contribution in [2.24, 2.45) is 5.92 Å². The number of Topliss-reactive ketones (excluding diaryl/α,β-unsaturated/α-hetero) is 1. The number of hydrogen-bond donors (Lipinski definition) is 0. The van der Waals surface area contributed by atoms with Gasteiger partial charge in [0.05, 0.1) is 32.3 Å². The first-order valence-corrected chi connectivity index (χ1v) is 12.8. The van der Waals surface area contributed by atoms with Crippen molar-refractivity contribution in [2.45, 2.75) is 48.8 Å². The summed E-state index contributed by atoms with van der Waals surface area (Å²) in [6.45, 7) is 3.46. The Balaban J connectivity index is 1.40. The average molecular weight is 432 g/mol. The van der Waals surface area contributed by atoms with E-state index in [1.807, 2.05) is 31.2 Å². The molecule has 4 rings (SSSR count). The van der Waals surface area contributed by atoms with Crippen LogP contribution in [0.3, 0.4) is 0 Å². The quantitative estimate of drug-likeness (QED) is 0.453. The molecule has 1 aliphatic heterocycles. The zero-order valence-electron chi connectivity index (χ0n) is 16.6. The summed E-state index contributed by atoms with van der Waals surface area (Å²) in [5, 5.41) is 0.283. The third-order valence-corrected chi connectivity index (χ3v) is 9.22. The molecule has 2 aliphatic rings. The Hall–Kier alpha value is -1.34. The van der Waals surface area contributed by atoms with Crippen LogP contribution in [0.1, 0.15) is 42.9 Å². The number of carbonyl (C=O) groups is 1. The SMILES string of the molecule is Cc1ccc([S+]([O-])SC2CCN(C(C(=O)C3CC3)c3ccccc3F)CC2)cc1. The Kier molecular flexibility index (Phi) is 6.64. The summed E-state index contributed by atoms with van der Waals surface area (Å²) in [5.74, 6) is -0.0614. The molecule has 2 aromatic rings. The normalized spacial score (nSPS) is 20.4. The highest BCUT2D eigenvalue weighted by Crippen LogP contribution is 2.40. The maximum absolute atomic E-state index is 14.5. The van der Waals surface area contributed by atoms with Gasteiger partial charge in [0, 0.05) is 24.6 Å². The van der Waals surface area contributed by atoms with Crippen LogP contribution in [0.5, 0.6) is 0 Å². The lowest BCUT2D eigenvalue weighted by atomic mass is 9.95. The van der Waals surface area contributed by atoms with Crippen molar-refractivity contribution in [1.29, 1.82) is 0 Å². The van der Waals surface area contributed by atoms with E-state index in [-0.39, 0.29) is 22.8 Å². The van der Waals surface area contributed by atoms with Crippen molar-refractivity contribution < 1.29 is 13.7 Å². The van der Waals surface area contributed by atoms with Gasteiger partial charge in [0.25, 0.3) is 0 Å². The van der Waals surface area contributed by atoms with E-state index in [1.165, 1.54) is 16.9 Å². The second kappa shape index (κ2) is 9.21. The van der Waals surface area contributed by atoms with Crippen LogP contribution in [-0.4, -0.2) is 33.6 Å². The molecule has 1 saturated carbocycles. The highest BCUT2D eigenvalue weighted by Gasteiger charge is 2.41. The molecule has 0 N–H and O–H groups in total. The summed E-state index contributed by atoms with van der Waals surface area (Å²) >= 11 is 0. The Morgan fingerprint density at radius 2 is 1.76 bits per heavy atom. The summed E-state index contributed by atoms with van der Waals surface area (Å²) in [5.41, 5.74) is 1.65. The molecule has 0 amide bonds. The summed E-state index contributed by atoms with van der Waals surface area (Å²) < 4.78 is 27.1. The third-order valence-electron chi connectivity index (χ3n) is 5.73. The molecule has 2 aromatic carbocycles. The summed E-state index contributed by atoms with van der Waals surface area (Å²) in [4.78, 5) is 15.9. The van der Waals surface area contributed by atoms with Gasteiger partial charge in [0.2, 0.25) is 0 Å². The molecule has 0 bridgehead atoms. The van der Waals surface area contributed by atoms with Crippen LogP contribution >= 0.6 is 10.8 Å². The number of piperidine rings is 1. The molecule has 6 heteroatoms. The number of benzene rings is 2. The van der Waals surface area contributed by atoms with Crippen LogP contribution in [0, 0.1) is 18.7 Å². The van der Waals surface area contributed by atoms with Gasteiger partial charge in [0.15, 0.2) is 10.7 Å². The zero-order chi connectivity index (χ0) is 20.4. The van der Waals surface area contributed by atoms with Gasteiger partial charge in [-0.3, -0.25) is 9.69 Å². The smallest absolute Gasteiger partial charge is 0.165 e. The van der Waals surface area contributed by atoms with E-state index in [4.69, 9.17) is 0 Å². The first-order chi connectivity index (χ1) is 14.0. The minimum atomic E-state index is -1.09. The molecule has 154 valence electrons. The van der Waals surface area contributed by atoms with Crippen molar-refractivity contribution in [3.05, 3.63) is 65.5 Å². The molecule has 0 spiro atoms. The fourth-order valence-electron chi connectivity index (χ4n) is 3.88. The second-order valence-corrected chi connectivity index (χ2v) is 11.3. The standard InChI is InChI=1S/C23H26FNO2S2/c1-16-6-10-19(11-7-16)29(27)28-18-12-14-25(15-13-18)22(23(26)17-8-9-17)20-4-2-3-5-21(20)24/h2-7,10-11,17-18,22H,8-9,12-15H2,1H3. The number of rotatable bonds is 7.